The lowest BCUT2D eigenvalue weighted by molar-refractivity contribution is 0.304. The highest BCUT2D eigenvalue weighted by atomic mass is 32.5. The van der Waals surface area contributed by atoms with E-state index in [1.54, 1.807) is 0 Å². The fraction of sp³-hybridized carbons (Fsp3) is 0.647. The molecule has 0 saturated carbocycles. The average molecular weight is 394 g/mol. The molecule has 0 aliphatic rings. The normalized spacial score (nSPS) is 17.7. The summed E-state index contributed by atoms with van der Waals surface area (Å²) < 4.78 is 94.0. The zero-order valence-corrected chi connectivity index (χ0v) is 15.4. The second-order valence-electron chi connectivity index (χ2n) is 6.52. The molecular weight excluding hydrogens is 369 g/mol. The van der Waals surface area contributed by atoms with Crippen LogP contribution < -0.4 is 0 Å². The van der Waals surface area contributed by atoms with Crippen molar-refractivity contribution in [3.8, 4) is 0 Å². The minimum Gasteiger partial charge on any atom is -0.248 e. The Bertz CT molecular complexity index is 593. The molecule has 1 aromatic carbocycles. The molecule has 0 heterocycles. The van der Waals surface area contributed by atoms with Gasteiger partial charge in [-0.25, -0.2) is 8.78 Å². The lowest BCUT2D eigenvalue weighted by Gasteiger charge is -2.43. The van der Waals surface area contributed by atoms with Crippen LogP contribution in [0.3, 0.4) is 0 Å². The number of benzene rings is 1. The van der Waals surface area contributed by atoms with Crippen LogP contribution >= 0.6 is 10.2 Å². The van der Waals surface area contributed by atoms with Crippen molar-refractivity contribution in [1.82, 2.24) is 0 Å². The number of rotatable bonds is 9. The van der Waals surface area contributed by atoms with Gasteiger partial charge in [0.15, 0.2) is 0 Å². The second kappa shape index (κ2) is 7.00. The Morgan fingerprint density at radius 1 is 0.920 bits per heavy atom. The molecule has 0 spiro atoms. The Morgan fingerprint density at radius 2 is 1.48 bits per heavy atom. The van der Waals surface area contributed by atoms with E-state index in [0.717, 1.165) is 13.0 Å². The van der Waals surface area contributed by atoms with Crippen molar-refractivity contribution in [2.24, 2.45) is 0 Å². The molecule has 1 rings (SSSR count). The molecule has 0 nitrogen and oxygen atoms in total. The van der Waals surface area contributed by atoms with Gasteiger partial charge in [0.25, 0.3) is 0 Å². The number of aryl methyl sites for hydroxylation is 2. The van der Waals surface area contributed by atoms with Gasteiger partial charge in [-0.1, -0.05) is 38.5 Å². The van der Waals surface area contributed by atoms with Gasteiger partial charge in [-0.3, -0.25) is 0 Å². The molecule has 0 radical (unpaired) electrons. The Hall–Kier alpha value is -0.920. The molecule has 25 heavy (non-hydrogen) atoms. The fourth-order valence-electron chi connectivity index (χ4n) is 2.88. The van der Waals surface area contributed by atoms with E-state index in [-0.39, 0.29) is 37.7 Å². The van der Waals surface area contributed by atoms with Crippen LogP contribution in [0.25, 0.3) is 0 Å². The molecule has 1 aromatic rings. The Balaban J connectivity index is 3.29. The van der Waals surface area contributed by atoms with E-state index in [1.165, 1.54) is 19.9 Å². The zero-order valence-electron chi connectivity index (χ0n) is 14.6. The second-order valence-corrected chi connectivity index (χ2v) is 8.87. The first-order valence-corrected chi connectivity index (χ1v) is 10.2. The van der Waals surface area contributed by atoms with Crippen molar-refractivity contribution < 1.29 is 28.2 Å². The SMILES string of the molecule is CCC(F)CCc1ccc(CCCC(C)F)c(C)c1S(F)(F)(F)(F)F. The molecule has 0 fully saturated rings. The van der Waals surface area contributed by atoms with Crippen LogP contribution in [0.2, 0.25) is 0 Å². The Morgan fingerprint density at radius 3 is 1.96 bits per heavy atom. The average Bonchev–Trinajstić information content (AvgIpc) is 2.43. The predicted octanol–water partition coefficient (Wildman–Crippen LogP) is 8.01. The van der Waals surface area contributed by atoms with Crippen molar-refractivity contribution in [1.29, 1.82) is 0 Å². The quantitative estimate of drug-likeness (QED) is 0.372. The summed E-state index contributed by atoms with van der Waals surface area (Å²) in [6.07, 6.45) is -2.48. The van der Waals surface area contributed by atoms with Gasteiger partial charge in [-0.05, 0) is 69.1 Å². The highest BCUT2D eigenvalue weighted by molar-refractivity contribution is 8.45. The van der Waals surface area contributed by atoms with Crippen LogP contribution in [0.1, 0.15) is 56.2 Å². The lowest BCUT2D eigenvalue weighted by atomic mass is 9.97. The summed E-state index contributed by atoms with van der Waals surface area (Å²) >= 11 is 0. The van der Waals surface area contributed by atoms with Gasteiger partial charge in [0.1, 0.15) is 11.1 Å². The molecule has 0 saturated heterocycles. The molecule has 0 N–H and O–H groups in total. The summed E-state index contributed by atoms with van der Waals surface area (Å²) in [6, 6.07) is 2.37. The lowest BCUT2D eigenvalue weighted by Crippen LogP contribution is -2.14. The number of halogens is 7. The van der Waals surface area contributed by atoms with E-state index in [4.69, 9.17) is 0 Å². The summed E-state index contributed by atoms with van der Waals surface area (Å²) in [4.78, 5) is -1.89. The highest BCUT2D eigenvalue weighted by Crippen LogP contribution is 3.02. The number of hydrogen-bond donors (Lipinski definition) is 0. The first kappa shape index (κ1) is 22.1. The van der Waals surface area contributed by atoms with Crippen LogP contribution in [0.4, 0.5) is 28.2 Å². The Kier molecular flexibility index (Phi) is 6.20. The van der Waals surface area contributed by atoms with E-state index in [9.17, 15) is 28.2 Å². The highest BCUT2D eigenvalue weighted by Gasteiger charge is 2.67. The molecule has 0 aliphatic carbocycles. The minimum atomic E-state index is -9.92. The van der Waals surface area contributed by atoms with Crippen molar-refractivity contribution in [2.45, 2.75) is 76.5 Å². The maximum atomic E-state index is 13.6. The smallest absolute Gasteiger partial charge is 0.248 e. The maximum absolute atomic E-state index is 13.6. The molecule has 2 atom stereocenters. The Labute approximate surface area is 144 Å². The van der Waals surface area contributed by atoms with Gasteiger partial charge < -0.3 is 0 Å². The standard InChI is InChI=1S/C17H25F7S/c1-4-16(19)11-10-15-9-8-14(7-5-6-12(2)18)13(3)17(15)25(20,21,22,23)24/h8-9,12,16H,4-7,10-11H2,1-3H3. The molecule has 0 amide bonds. The van der Waals surface area contributed by atoms with Gasteiger partial charge in [-0.15, -0.1) is 0 Å². The van der Waals surface area contributed by atoms with E-state index in [0.29, 0.717) is 0 Å². The van der Waals surface area contributed by atoms with Crippen LogP contribution in [0.15, 0.2) is 17.0 Å². The minimum absolute atomic E-state index is 0.0852. The maximum Gasteiger partial charge on any atom is 0.310 e. The van der Waals surface area contributed by atoms with Crippen LogP contribution in [-0.4, -0.2) is 12.3 Å². The third-order valence-corrected chi connectivity index (χ3v) is 5.54. The number of alkyl halides is 2. The van der Waals surface area contributed by atoms with E-state index >= 15 is 0 Å². The van der Waals surface area contributed by atoms with Crippen LogP contribution in [0.5, 0.6) is 0 Å². The van der Waals surface area contributed by atoms with E-state index in [1.807, 2.05) is 0 Å². The predicted molar refractivity (Wildman–Crippen MR) is 89.6 cm³/mol. The third kappa shape index (κ3) is 6.72. The van der Waals surface area contributed by atoms with Crippen molar-refractivity contribution in [2.75, 3.05) is 0 Å². The summed E-state index contributed by atoms with van der Waals surface area (Å²) in [5.74, 6) is 0. The van der Waals surface area contributed by atoms with Gasteiger partial charge in [0, 0.05) is 0 Å². The van der Waals surface area contributed by atoms with Crippen LogP contribution in [-0.2, 0) is 12.8 Å². The molecule has 0 aliphatic heterocycles. The summed E-state index contributed by atoms with van der Waals surface area (Å²) in [5, 5.41) is 0. The van der Waals surface area contributed by atoms with Gasteiger partial charge >= 0.3 is 10.2 Å². The van der Waals surface area contributed by atoms with Crippen molar-refractivity contribution in [3.05, 3.63) is 28.8 Å². The van der Waals surface area contributed by atoms with E-state index < -0.39 is 45.0 Å². The number of hydrogen-bond acceptors (Lipinski definition) is 0. The van der Waals surface area contributed by atoms with Crippen LogP contribution in [0, 0.1) is 6.92 Å². The topological polar surface area (TPSA) is 0 Å². The van der Waals surface area contributed by atoms with Gasteiger partial charge in [0.05, 0.1) is 6.17 Å². The largest absolute Gasteiger partial charge is 0.310 e. The summed E-state index contributed by atoms with van der Waals surface area (Å²) in [6.45, 7) is 3.88. The molecule has 0 bridgehead atoms. The monoisotopic (exact) mass is 394 g/mol. The summed E-state index contributed by atoms with van der Waals surface area (Å²) in [7, 11) is -9.92. The zero-order chi connectivity index (χ0) is 19.5. The fourth-order valence-corrected chi connectivity index (χ4v) is 4.26. The first-order valence-electron chi connectivity index (χ1n) is 8.29. The molecular formula is C17H25F7S. The van der Waals surface area contributed by atoms with Gasteiger partial charge in [-0.2, -0.15) is 0 Å². The van der Waals surface area contributed by atoms with E-state index in [2.05, 4.69) is 0 Å². The van der Waals surface area contributed by atoms with Crippen molar-refractivity contribution >= 4 is 10.2 Å². The van der Waals surface area contributed by atoms with Gasteiger partial charge in [0.2, 0.25) is 0 Å². The molecule has 8 heteroatoms. The molecule has 148 valence electrons. The molecule has 2 unspecified atom stereocenters. The van der Waals surface area contributed by atoms with Crippen molar-refractivity contribution in [3.63, 3.8) is 0 Å². The summed E-state index contributed by atoms with van der Waals surface area (Å²) in [5.41, 5.74) is -0.981. The first-order chi connectivity index (χ1) is 11.2. The third-order valence-electron chi connectivity index (χ3n) is 4.20. The molecule has 0 aromatic heterocycles.